The molecule has 1 aromatic rings. The summed E-state index contributed by atoms with van der Waals surface area (Å²) in [5.41, 5.74) is 2.51. The van der Waals surface area contributed by atoms with Crippen LogP contribution in [0.25, 0.3) is 0 Å². The number of nitrogens with one attached hydrogen (secondary N) is 1. The van der Waals surface area contributed by atoms with Gasteiger partial charge in [-0.3, -0.25) is 5.43 Å². The molecule has 1 heterocycles. The average molecular weight is 297 g/mol. The van der Waals surface area contributed by atoms with E-state index < -0.39 is 0 Å². The Morgan fingerprint density at radius 2 is 1.76 bits per heavy atom. The molecule has 0 aliphatic rings. The minimum absolute atomic E-state index is 0.248. The summed E-state index contributed by atoms with van der Waals surface area (Å²) in [6.45, 7) is 11.3. The van der Waals surface area contributed by atoms with Crippen molar-refractivity contribution in [3.8, 4) is 0 Å². The first-order valence-electron chi connectivity index (χ1n) is 7.30. The molecule has 0 radical (unpaired) electrons. The molecule has 8 nitrogen and oxygen atoms in total. The Morgan fingerprint density at radius 3 is 2.24 bits per heavy atom. The predicted molar refractivity (Wildman–Crippen MR) is 85.6 cm³/mol. The quantitative estimate of drug-likeness (QED) is 0.512. The summed E-state index contributed by atoms with van der Waals surface area (Å²) in [5.74, 6) is 7.08. The summed E-state index contributed by atoms with van der Waals surface area (Å²) >= 11 is 0. The number of anilines is 3. The Hall–Kier alpha value is -1.67. The highest BCUT2D eigenvalue weighted by Crippen LogP contribution is 2.17. The van der Waals surface area contributed by atoms with E-state index in [1.807, 2.05) is 0 Å². The Balaban J connectivity index is 3.16. The van der Waals surface area contributed by atoms with Gasteiger partial charge >= 0.3 is 0 Å². The number of ether oxygens (including phenoxy) is 1. The maximum Gasteiger partial charge on any atom is 0.243 e. The van der Waals surface area contributed by atoms with Crippen molar-refractivity contribution < 1.29 is 4.74 Å². The molecule has 0 aliphatic carbocycles. The SMILES string of the molecule is CCN(CC)c1nc(NN)nc(N(CCOC)C(C)C)n1. The van der Waals surface area contributed by atoms with Crippen molar-refractivity contribution in [2.24, 2.45) is 5.84 Å². The van der Waals surface area contributed by atoms with Crippen LogP contribution in [0, 0.1) is 0 Å². The van der Waals surface area contributed by atoms with Gasteiger partial charge < -0.3 is 14.5 Å². The van der Waals surface area contributed by atoms with Crippen molar-refractivity contribution in [3.05, 3.63) is 0 Å². The van der Waals surface area contributed by atoms with Crippen LogP contribution < -0.4 is 21.1 Å². The molecule has 0 spiro atoms. The summed E-state index contributed by atoms with van der Waals surface area (Å²) in [6.07, 6.45) is 0. The highest BCUT2D eigenvalue weighted by atomic mass is 16.5. The van der Waals surface area contributed by atoms with Gasteiger partial charge in [0.25, 0.3) is 0 Å². The first-order valence-corrected chi connectivity index (χ1v) is 7.30. The van der Waals surface area contributed by atoms with Crippen molar-refractivity contribution >= 4 is 17.8 Å². The molecule has 0 aliphatic heterocycles. The van der Waals surface area contributed by atoms with Gasteiger partial charge in [-0.15, -0.1) is 0 Å². The third kappa shape index (κ3) is 4.68. The average Bonchev–Trinajstić information content (AvgIpc) is 2.48. The van der Waals surface area contributed by atoms with Crippen molar-refractivity contribution in [3.63, 3.8) is 0 Å². The van der Waals surface area contributed by atoms with Crippen LogP contribution in [0.2, 0.25) is 0 Å². The molecular weight excluding hydrogens is 270 g/mol. The lowest BCUT2D eigenvalue weighted by Crippen LogP contribution is -2.36. The van der Waals surface area contributed by atoms with Gasteiger partial charge in [-0.05, 0) is 27.7 Å². The normalized spacial score (nSPS) is 10.8. The van der Waals surface area contributed by atoms with Gasteiger partial charge in [-0.25, -0.2) is 5.84 Å². The fraction of sp³-hybridized carbons (Fsp3) is 0.769. The van der Waals surface area contributed by atoms with Gasteiger partial charge in [-0.2, -0.15) is 15.0 Å². The maximum atomic E-state index is 5.48. The van der Waals surface area contributed by atoms with E-state index in [0.717, 1.165) is 13.1 Å². The Labute approximate surface area is 126 Å². The fourth-order valence-corrected chi connectivity index (χ4v) is 1.97. The van der Waals surface area contributed by atoms with Crippen LogP contribution in [-0.4, -0.2) is 54.3 Å². The highest BCUT2D eigenvalue weighted by molar-refractivity contribution is 5.45. The minimum atomic E-state index is 0.248. The second kappa shape index (κ2) is 8.58. The van der Waals surface area contributed by atoms with E-state index in [2.05, 4.69) is 57.9 Å². The van der Waals surface area contributed by atoms with Crippen LogP contribution in [0.15, 0.2) is 0 Å². The van der Waals surface area contributed by atoms with Crippen LogP contribution in [0.5, 0.6) is 0 Å². The number of aromatic nitrogens is 3. The fourth-order valence-electron chi connectivity index (χ4n) is 1.97. The molecule has 0 saturated carbocycles. The molecule has 0 bridgehead atoms. The number of nitrogens with zero attached hydrogens (tertiary/aromatic N) is 5. The van der Waals surface area contributed by atoms with Gasteiger partial charge in [0.15, 0.2) is 0 Å². The first-order chi connectivity index (χ1) is 10.1. The zero-order chi connectivity index (χ0) is 15.8. The standard InChI is InChI=1S/C13H27N7O/c1-6-19(7-2)12-15-11(18-14)16-13(17-12)20(10(3)4)8-9-21-5/h10H,6-9,14H2,1-5H3,(H,15,16,17,18). The number of nitrogen functional groups attached to an aromatic ring is 1. The largest absolute Gasteiger partial charge is 0.383 e. The van der Waals surface area contributed by atoms with E-state index in [9.17, 15) is 0 Å². The van der Waals surface area contributed by atoms with Crippen LogP contribution in [0.1, 0.15) is 27.7 Å². The molecule has 0 saturated heterocycles. The molecule has 21 heavy (non-hydrogen) atoms. The summed E-state index contributed by atoms with van der Waals surface area (Å²) in [4.78, 5) is 17.4. The maximum absolute atomic E-state index is 5.48. The monoisotopic (exact) mass is 297 g/mol. The lowest BCUT2D eigenvalue weighted by molar-refractivity contribution is 0.203. The van der Waals surface area contributed by atoms with Crippen LogP contribution in [0.3, 0.4) is 0 Å². The molecule has 8 heteroatoms. The van der Waals surface area contributed by atoms with Gasteiger partial charge in [0.05, 0.1) is 6.61 Å². The highest BCUT2D eigenvalue weighted by Gasteiger charge is 2.17. The van der Waals surface area contributed by atoms with Crippen molar-refractivity contribution in [2.75, 3.05) is 48.6 Å². The predicted octanol–water partition coefficient (Wildman–Crippen LogP) is 0.865. The molecule has 1 aromatic heterocycles. The third-order valence-corrected chi connectivity index (χ3v) is 3.20. The second-order valence-corrected chi connectivity index (χ2v) is 4.86. The zero-order valence-electron chi connectivity index (χ0n) is 13.6. The van der Waals surface area contributed by atoms with Crippen molar-refractivity contribution in [1.82, 2.24) is 15.0 Å². The number of nitrogens with two attached hydrogens (primary N) is 1. The second-order valence-electron chi connectivity index (χ2n) is 4.86. The topological polar surface area (TPSA) is 92.4 Å². The minimum Gasteiger partial charge on any atom is -0.383 e. The third-order valence-electron chi connectivity index (χ3n) is 3.20. The first kappa shape index (κ1) is 17.4. The number of hydrogen-bond donors (Lipinski definition) is 2. The van der Waals surface area contributed by atoms with E-state index in [1.165, 1.54) is 0 Å². The molecule has 0 atom stereocenters. The molecule has 0 amide bonds. The zero-order valence-corrected chi connectivity index (χ0v) is 13.6. The summed E-state index contributed by atoms with van der Waals surface area (Å²) < 4.78 is 5.16. The van der Waals surface area contributed by atoms with Gasteiger partial charge in [0.2, 0.25) is 17.8 Å². The molecule has 3 N–H and O–H groups in total. The van der Waals surface area contributed by atoms with E-state index in [-0.39, 0.29) is 6.04 Å². The van der Waals surface area contributed by atoms with E-state index >= 15 is 0 Å². The van der Waals surface area contributed by atoms with Gasteiger partial charge in [0.1, 0.15) is 0 Å². The van der Waals surface area contributed by atoms with E-state index in [4.69, 9.17) is 10.6 Å². The number of hydrogen-bond acceptors (Lipinski definition) is 8. The van der Waals surface area contributed by atoms with E-state index in [1.54, 1.807) is 7.11 Å². The van der Waals surface area contributed by atoms with E-state index in [0.29, 0.717) is 31.0 Å². The van der Waals surface area contributed by atoms with Crippen LogP contribution in [0.4, 0.5) is 17.8 Å². The summed E-state index contributed by atoms with van der Waals surface area (Å²) in [7, 11) is 1.68. The molecular formula is C13H27N7O. The Bertz CT molecular complexity index is 423. The molecule has 120 valence electrons. The smallest absolute Gasteiger partial charge is 0.243 e. The summed E-state index contributed by atoms with van der Waals surface area (Å²) in [5, 5.41) is 0. The molecule has 0 aromatic carbocycles. The van der Waals surface area contributed by atoms with Crippen molar-refractivity contribution in [1.29, 1.82) is 0 Å². The van der Waals surface area contributed by atoms with Gasteiger partial charge in [-0.1, -0.05) is 0 Å². The Morgan fingerprint density at radius 1 is 1.14 bits per heavy atom. The lowest BCUT2D eigenvalue weighted by atomic mass is 10.3. The Kier molecular flexibility index (Phi) is 7.10. The number of methoxy groups -OCH3 is 1. The molecule has 0 unspecified atom stereocenters. The number of hydrazine groups is 1. The summed E-state index contributed by atoms with van der Waals surface area (Å²) in [6, 6.07) is 0.248. The van der Waals surface area contributed by atoms with Crippen LogP contribution >= 0.6 is 0 Å². The van der Waals surface area contributed by atoms with Crippen molar-refractivity contribution in [2.45, 2.75) is 33.7 Å². The lowest BCUT2D eigenvalue weighted by Gasteiger charge is -2.28. The number of rotatable bonds is 9. The molecule has 1 rings (SSSR count). The van der Waals surface area contributed by atoms with Crippen LogP contribution in [-0.2, 0) is 4.74 Å². The van der Waals surface area contributed by atoms with Gasteiger partial charge in [0, 0.05) is 32.8 Å². The molecule has 0 fully saturated rings.